The molecule has 1 saturated carbocycles. The molecule has 0 heterocycles. The summed E-state index contributed by atoms with van der Waals surface area (Å²) in [7, 11) is 4.20. The van der Waals surface area contributed by atoms with Crippen LogP contribution in [0.4, 0.5) is 0 Å². The van der Waals surface area contributed by atoms with Crippen molar-refractivity contribution in [1.29, 1.82) is 0 Å². The Kier molecular flexibility index (Phi) is 8.09. The van der Waals surface area contributed by atoms with E-state index in [4.69, 9.17) is 0 Å². The minimum absolute atomic E-state index is 0.00413. The highest BCUT2D eigenvalue weighted by atomic mass is 16.2. The summed E-state index contributed by atoms with van der Waals surface area (Å²) < 4.78 is 0. The van der Waals surface area contributed by atoms with Crippen LogP contribution in [0.3, 0.4) is 0 Å². The van der Waals surface area contributed by atoms with Gasteiger partial charge in [-0.3, -0.25) is 9.59 Å². The maximum absolute atomic E-state index is 13.0. The topological polar surface area (TPSA) is 61.4 Å². The third-order valence-electron chi connectivity index (χ3n) is 6.57. The molecule has 1 aliphatic carbocycles. The van der Waals surface area contributed by atoms with E-state index in [1.165, 1.54) is 24.8 Å². The Morgan fingerprint density at radius 1 is 1.03 bits per heavy atom. The highest BCUT2D eigenvalue weighted by Crippen LogP contribution is 2.31. The number of nitrogens with zero attached hydrogens (tertiary/aromatic N) is 1. The first kappa shape index (κ1) is 24.4. The normalized spacial score (nSPS) is 17.6. The lowest BCUT2D eigenvalue weighted by molar-refractivity contribution is -0.124. The fourth-order valence-electron chi connectivity index (χ4n) is 4.23. The highest BCUT2D eigenvalue weighted by Gasteiger charge is 2.35. The first-order chi connectivity index (χ1) is 14.0. The van der Waals surface area contributed by atoms with Crippen molar-refractivity contribution in [2.24, 2.45) is 5.92 Å². The number of benzene rings is 1. The predicted octanol–water partition coefficient (Wildman–Crippen LogP) is 4.12. The van der Waals surface area contributed by atoms with Crippen LogP contribution in [0.2, 0.25) is 0 Å². The van der Waals surface area contributed by atoms with Crippen LogP contribution in [0.1, 0.15) is 82.6 Å². The zero-order chi connectivity index (χ0) is 22.5. The molecule has 1 fully saturated rings. The SMILES string of the molecule is CC(C)[C@@H](NC(=O)c1ccc(C(C)(C)C)cc1)C(=O)NCC1(N(C)C)CCCCC1. The van der Waals surface area contributed by atoms with Crippen molar-refractivity contribution >= 4 is 11.8 Å². The third kappa shape index (κ3) is 6.07. The molecule has 0 saturated heterocycles. The summed E-state index contributed by atoms with van der Waals surface area (Å²) in [4.78, 5) is 28.1. The zero-order valence-corrected chi connectivity index (χ0v) is 20.0. The van der Waals surface area contributed by atoms with E-state index in [-0.39, 0.29) is 28.7 Å². The largest absolute Gasteiger partial charge is 0.352 e. The minimum Gasteiger partial charge on any atom is -0.352 e. The summed E-state index contributed by atoms with van der Waals surface area (Å²) in [6.07, 6.45) is 5.85. The standard InChI is InChI=1S/C25H41N3O2/c1-18(2)21(23(30)26-17-25(28(6)7)15-9-8-10-16-25)27-22(29)19-11-13-20(14-12-19)24(3,4)5/h11-14,18,21H,8-10,15-17H2,1-7H3,(H,26,30)(H,27,29)/t21-/m1/s1. The van der Waals surface area contributed by atoms with Crippen LogP contribution in [0.5, 0.6) is 0 Å². The van der Waals surface area contributed by atoms with Gasteiger partial charge in [0.05, 0.1) is 0 Å². The number of amides is 2. The van der Waals surface area contributed by atoms with Gasteiger partial charge in [-0.15, -0.1) is 0 Å². The van der Waals surface area contributed by atoms with Gasteiger partial charge in [0.25, 0.3) is 5.91 Å². The average molecular weight is 416 g/mol. The first-order valence-electron chi connectivity index (χ1n) is 11.3. The first-order valence-corrected chi connectivity index (χ1v) is 11.3. The van der Waals surface area contributed by atoms with Crippen molar-refractivity contribution in [1.82, 2.24) is 15.5 Å². The van der Waals surface area contributed by atoms with Gasteiger partial charge in [-0.2, -0.15) is 0 Å². The maximum Gasteiger partial charge on any atom is 0.251 e. The Bertz CT molecular complexity index is 711. The van der Waals surface area contributed by atoms with Crippen LogP contribution in [-0.4, -0.2) is 48.9 Å². The van der Waals surface area contributed by atoms with E-state index in [1.807, 2.05) is 38.1 Å². The second-order valence-corrected chi connectivity index (χ2v) is 10.4. The molecule has 2 N–H and O–H groups in total. The van der Waals surface area contributed by atoms with Crippen molar-refractivity contribution in [3.63, 3.8) is 0 Å². The molecular formula is C25H41N3O2. The van der Waals surface area contributed by atoms with Crippen molar-refractivity contribution in [3.05, 3.63) is 35.4 Å². The monoisotopic (exact) mass is 415 g/mol. The molecule has 0 bridgehead atoms. The molecule has 0 aromatic heterocycles. The van der Waals surface area contributed by atoms with Gasteiger partial charge in [-0.05, 0) is 56.0 Å². The molecule has 1 aromatic carbocycles. The Morgan fingerprint density at radius 3 is 2.07 bits per heavy atom. The lowest BCUT2D eigenvalue weighted by atomic mass is 9.80. The Balaban J connectivity index is 2.04. The van der Waals surface area contributed by atoms with Crippen LogP contribution in [0.25, 0.3) is 0 Å². The summed E-state index contributed by atoms with van der Waals surface area (Å²) in [5.41, 5.74) is 1.82. The summed E-state index contributed by atoms with van der Waals surface area (Å²) in [6.45, 7) is 11.0. The summed E-state index contributed by atoms with van der Waals surface area (Å²) >= 11 is 0. The van der Waals surface area contributed by atoms with Crippen molar-refractivity contribution in [3.8, 4) is 0 Å². The quantitative estimate of drug-likeness (QED) is 0.704. The number of nitrogens with one attached hydrogen (secondary N) is 2. The number of carbonyl (C=O) groups excluding carboxylic acids is 2. The number of likely N-dealkylation sites (N-methyl/N-ethyl adjacent to an activating group) is 1. The third-order valence-corrected chi connectivity index (χ3v) is 6.57. The molecule has 2 amide bonds. The van der Waals surface area contributed by atoms with E-state index in [1.54, 1.807) is 0 Å². The van der Waals surface area contributed by atoms with Crippen molar-refractivity contribution < 1.29 is 9.59 Å². The van der Waals surface area contributed by atoms with E-state index >= 15 is 0 Å². The van der Waals surface area contributed by atoms with Crippen LogP contribution in [0.15, 0.2) is 24.3 Å². The second-order valence-electron chi connectivity index (χ2n) is 10.4. The molecule has 0 spiro atoms. The molecule has 1 atom stereocenters. The van der Waals surface area contributed by atoms with Crippen LogP contribution in [0, 0.1) is 5.92 Å². The van der Waals surface area contributed by atoms with Gasteiger partial charge < -0.3 is 15.5 Å². The average Bonchev–Trinajstić information content (AvgIpc) is 2.69. The predicted molar refractivity (Wildman–Crippen MR) is 124 cm³/mol. The Hall–Kier alpha value is -1.88. The van der Waals surface area contributed by atoms with Crippen molar-refractivity contribution in [2.75, 3.05) is 20.6 Å². The lowest BCUT2D eigenvalue weighted by Gasteiger charge is -2.43. The molecule has 0 radical (unpaired) electrons. The number of carbonyl (C=O) groups is 2. The van der Waals surface area contributed by atoms with Crippen LogP contribution >= 0.6 is 0 Å². The number of rotatable bonds is 7. The van der Waals surface area contributed by atoms with E-state index in [0.29, 0.717) is 12.1 Å². The smallest absolute Gasteiger partial charge is 0.251 e. The summed E-state index contributed by atoms with van der Waals surface area (Å²) in [5, 5.41) is 6.10. The molecule has 2 rings (SSSR count). The Labute approximate surface area is 183 Å². The van der Waals surface area contributed by atoms with Gasteiger partial charge in [-0.1, -0.05) is 66.0 Å². The Morgan fingerprint density at radius 2 is 1.60 bits per heavy atom. The van der Waals surface area contributed by atoms with E-state index in [0.717, 1.165) is 12.8 Å². The fraction of sp³-hybridized carbons (Fsp3) is 0.680. The van der Waals surface area contributed by atoms with E-state index in [9.17, 15) is 9.59 Å². The van der Waals surface area contributed by atoms with Gasteiger partial charge in [0.15, 0.2) is 0 Å². The molecule has 168 valence electrons. The zero-order valence-electron chi connectivity index (χ0n) is 20.0. The van der Waals surface area contributed by atoms with E-state index < -0.39 is 6.04 Å². The molecule has 30 heavy (non-hydrogen) atoms. The molecule has 5 nitrogen and oxygen atoms in total. The molecule has 1 aliphatic rings. The highest BCUT2D eigenvalue weighted by molar-refractivity contribution is 5.97. The lowest BCUT2D eigenvalue weighted by Crippen LogP contribution is -2.57. The summed E-state index contributed by atoms with van der Waals surface area (Å²) in [6, 6.07) is 7.11. The van der Waals surface area contributed by atoms with Gasteiger partial charge in [0.1, 0.15) is 6.04 Å². The van der Waals surface area contributed by atoms with Gasteiger partial charge >= 0.3 is 0 Å². The van der Waals surface area contributed by atoms with Crippen LogP contribution < -0.4 is 10.6 Å². The number of hydrogen-bond acceptors (Lipinski definition) is 3. The molecular weight excluding hydrogens is 374 g/mol. The molecule has 0 aliphatic heterocycles. The van der Waals surface area contributed by atoms with Gasteiger partial charge in [0.2, 0.25) is 5.91 Å². The maximum atomic E-state index is 13.0. The number of hydrogen-bond donors (Lipinski definition) is 2. The van der Waals surface area contributed by atoms with Gasteiger partial charge in [0, 0.05) is 17.6 Å². The van der Waals surface area contributed by atoms with E-state index in [2.05, 4.69) is 50.4 Å². The molecule has 5 heteroatoms. The molecule has 1 aromatic rings. The van der Waals surface area contributed by atoms with Gasteiger partial charge in [-0.25, -0.2) is 0 Å². The minimum atomic E-state index is -0.553. The van der Waals surface area contributed by atoms with Crippen molar-refractivity contribution in [2.45, 2.75) is 83.7 Å². The molecule has 0 unspecified atom stereocenters. The summed E-state index contributed by atoms with van der Waals surface area (Å²) in [5.74, 6) is -0.301. The fourth-order valence-corrected chi connectivity index (χ4v) is 4.23. The second kappa shape index (κ2) is 9.95. The van der Waals surface area contributed by atoms with Crippen LogP contribution in [-0.2, 0) is 10.2 Å².